The molecule has 0 unspecified atom stereocenters. The van der Waals surface area contributed by atoms with Gasteiger partial charge in [0.1, 0.15) is 10.6 Å². The molecule has 0 aromatic heterocycles. The SMILES string of the molecule is O=S=C1CC=CN=C1Oc1ccccc1. The zero-order chi connectivity index (χ0) is 10.5. The summed E-state index contributed by atoms with van der Waals surface area (Å²) in [6, 6.07) is 9.31. The Morgan fingerprint density at radius 3 is 2.80 bits per heavy atom. The Morgan fingerprint density at radius 1 is 1.27 bits per heavy atom. The van der Waals surface area contributed by atoms with Crippen molar-refractivity contribution in [2.45, 2.75) is 6.42 Å². The van der Waals surface area contributed by atoms with Gasteiger partial charge in [0.25, 0.3) is 0 Å². The molecule has 4 heteroatoms. The fraction of sp³-hybridized carbons (Fsp3) is 0.0909. The Hall–Kier alpha value is -1.68. The minimum atomic E-state index is 0.406. The molecule has 0 spiro atoms. The maximum atomic E-state index is 10.8. The molecule has 2 rings (SSSR count). The van der Waals surface area contributed by atoms with Crippen LogP contribution in [-0.4, -0.2) is 15.0 Å². The van der Waals surface area contributed by atoms with E-state index >= 15 is 0 Å². The lowest BCUT2D eigenvalue weighted by Crippen LogP contribution is -2.21. The van der Waals surface area contributed by atoms with E-state index in [1.54, 1.807) is 6.20 Å². The maximum absolute atomic E-state index is 10.8. The van der Waals surface area contributed by atoms with Crippen molar-refractivity contribution in [3.63, 3.8) is 0 Å². The highest BCUT2D eigenvalue weighted by Gasteiger charge is 2.12. The van der Waals surface area contributed by atoms with Crippen LogP contribution in [0.1, 0.15) is 6.42 Å². The molecule has 0 aliphatic carbocycles. The smallest absolute Gasteiger partial charge is 0.235 e. The van der Waals surface area contributed by atoms with Gasteiger partial charge in [0.15, 0.2) is 0 Å². The van der Waals surface area contributed by atoms with E-state index < -0.39 is 0 Å². The summed E-state index contributed by atoms with van der Waals surface area (Å²) < 4.78 is 16.3. The number of hydrogen-bond donors (Lipinski definition) is 0. The minimum absolute atomic E-state index is 0.406. The predicted octanol–water partition coefficient (Wildman–Crippen LogP) is 1.77. The van der Waals surface area contributed by atoms with Crippen LogP contribution in [0.3, 0.4) is 0 Å². The Labute approximate surface area is 91.2 Å². The first-order valence-electron chi connectivity index (χ1n) is 4.52. The van der Waals surface area contributed by atoms with Crippen molar-refractivity contribution in [2.24, 2.45) is 4.99 Å². The number of para-hydroxylation sites is 1. The van der Waals surface area contributed by atoms with Gasteiger partial charge in [-0.05, 0) is 12.1 Å². The van der Waals surface area contributed by atoms with E-state index in [4.69, 9.17) is 4.74 Å². The van der Waals surface area contributed by atoms with Gasteiger partial charge in [0.05, 0.1) is 11.3 Å². The van der Waals surface area contributed by atoms with E-state index in [0.29, 0.717) is 34.2 Å². The third-order valence-corrected chi connectivity index (χ3v) is 2.44. The molecular weight excluding hydrogens is 210 g/mol. The predicted molar refractivity (Wildman–Crippen MR) is 61.4 cm³/mol. The number of ether oxygens (including phenoxy) is 1. The summed E-state index contributed by atoms with van der Waals surface area (Å²) in [6.07, 6.45) is 4.08. The third-order valence-electron chi connectivity index (χ3n) is 1.90. The number of nitrogens with zero attached hydrogens (tertiary/aromatic N) is 1. The summed E-state index contributed by atoms with van der Waals surface area (Å²) in [5, 5.41) is 0. The molecule has 0 radical (unpaired) electrons. The number of rotatable bonds is 1. The van der Waals surface area contributed by atoms with Crippen molar-refractivity contribution < 1.29 is 8.95 Å². The van der Waals surface area contributed by atoms with Crippen molar-refractivity contribution in [3.05, 3.63) is 42.6 Å². The molecule has 1 aliphatic heterocycles. The fourth-order valence-electron chi connectivity index (χ4n) is 1.19. The largest absolute Gasteiger partial charge is 0.438 e. The molecule has 0 N–H and O–H groups in total. The molecule has 15 heavy (non-hydrogen) atoms. The third kappa shape index (κ3) is 2.41. The van der Waals surface area contributed by atoms with Crippen LogP contribution in [0.15, 0.2) is 47.6 Å². The summed E-state index contributed by atoms with van der Waals surface area (Å²) >= 11 is 0.433. The standard InChI is InChI=1S/C11H9NO2S/c13-15-10-7-4-8-12-11(10)14-9-5-2-1-3-6-9/h1-6,8H,7H2. The van der Waals surface area contributed by atoms with Crippen molar-refractivity contribution in [3.8, 4) is 5.75 Å². The maximum Gasteiger partial charge on any atom is 0.235 e. The lowest BCUT2D eigenvalue weighted by Gasteiger charge is -2.09. The minimum Gasteiger partial charge on any atom is -0.438 e. The van der Waals surface area contributed by atoms with Gasteiger partial charge in [0.2, 0.25) is 5.90 Å². The lowest BCUT2D eigenvalue weighted by atomic mass is 10.2. The van der Waals surface area contributed by atoms with Gasteiger partial charge in [-0.15, -0.1) is 0 Å². The summed E-state index contributed by atoms with van der Waals surface area (Å²) in [7, 11) is 0. The Morgan fingerprint density at radius 2 is 2.07 bits per heavy atom. The lowest BCUT2D eigenvalue weighted by molar-refractivity contribution is 0.560. The molecule has 0 amide bonds. The average molecular weight is 219 g/mol. The summed E-state index contributed by atoms with van der Waals surface area (Å²) in [5.41, 5.74) is 0. The number of benzene rings is 1. The van der Waals surface area contributed by atoms with Gasteiger partial charge >= 0.3 is 0 Å². The molecule has 0 saturated carbocycles. The van der Waals surface area contributed by atoms with Gasteiger partial charge in [-0.25, -0.2) is 9.20 Å². The second kappa shape index (κ2) is 4.70. The first-order chi connectivity index (χ1) is 7.40. The molecule has 0 fully saturated rings. The first-order valence-corrected chi connectivity index (χ1v) is 5.26. The van der Waals surface area contributed by atoms with Crippen LogP contribution in [0.25, 0.3) is 0 Å². The quantitative estimate of drug-likeness (QED) is 0.675. The second-order valence-corrected chi connectivity index (χ2v) is 3.60. The van der Waals surface area contributed by atoms with Gasteiger partial charge in [-0.1, -0.05) is 24.3 Å². The van der Waals surface area contributed by atoms with Crippen molar-refractivity contribution >= 4 is 22.0 Å². The highest BCUT2D eigenvalue weighted by Crippen LogP contribution is 2.11. The zero-order valence-electron chi connectivity index (χ0n) is 7.92. The van der Waals surface area contributed by atoms with Crippen LogP contribution >= 0.6 is 0 Å². The van der Waals surface area contributed by atoms with Gasteiger partial charge in [0, 0.05) is 12.6 Å². The van der Waals surface area contributed by atoms with Crippen LogP contribution in [0, 0.1) is 0 Å². The molecule has 3 nitrogen and oxygen atoms in total. The monoisotopic (exact) mass is 219 g/mol. The molecular formula is C11H9NO2S. The molecule has 0 bridgehead atoms. The van der Waals surface area contributed by atoms with Gasteiger partial charge in [-0.2, -0.15) is 0 Å². The van der Waals surface area contributed by atoms with Gasteiger partial charge < -0.3 is 4.74 Å². The summed E-state index contributed by atoms with van der Waals surface area (Å²) in [4.78, 5) is 4.65. The molecule has 0 atom stereocenters. The van der Waals surface area contributed by atoms with Crippen molar-refractivity contribution in [1.82, 2.24) is 0 Å². The number of hydrogen-bond acceptors (Lipinski definition) is 3. The van der Waals surface area contributed by atoms with Crippen LogP contribution in [-0.2, 0) is 11.3 Å². The molecule has 1 aromatic rings. The van der Waals surface area contributed by atoms with Crippen LogP contribution in [0.2, 0.25) is 0 Å². The fourth-order valence-corrected chi connectivity index (χ4v) is 1.52. The van der Waals surface area contributed by atoms with Crippen LogP contribution in [0.5, 0.6) is 5.75 Å². The average Bonchev–Trinajstić information content (AvgIpc) is 2.31. The van der Waals surface area contributed by atoms with E-state index in [1.807, 2.05) is 36.4 Å². The van der Waals surface area contributed by atoms with E-state index in [2.05, 4.69) is 4.99 Å². The summed E-state index contributed by atoms with van der Waals surface area (Å²) in [6.45, 7) is 0. The molecule has 1 aliphatic rings. The highest BCUT2D eigenvalue weighted by atomic mass is 32.1. The molecule has 0 saturated heterocycles. The normalized spacial score (nSPS) is 14.7. The van der Waals surface area contributed by atoms with Crippen LogP contribution in [0.4, 0.5) is 0 Å². The number of allylic oxidation sites excluding steroid dienone is 1. The van der Waals surface area contributed by atoms with Crippen molar-refractivity contribution in [2.75, 3.05) is 0 Å². The van der Waals surface area contributed by atoms with E-state index in [0.717, 1.165) is 0 Å². The zero-order valence-corrected chi connectivity index (χ0v) is 8.74. The molecule has 1 aromatic carbocycles. The van der Waals surface area contributed by atoms with Gasteiger partial charge in [-0.3, -0.25) is 0 Å². The highest BCUT2D eigenvalue weighted by molar-refractivity contribution is 7.68. The Balaban J connectivity index is 2.22. The summed E-state index contributed by atoms with van der Waals surface area (Å²) in [5.74, 6) is 1.10. The van der Waals surface area contributed by atoms with Crippen LogP contribution < -0.4 is 4.74 Å². The first kappa shape index (κ1) is 9.86. The van der Waals surface area contributed by atoms with E-state index in [-0.39, 0.29) is 0 Å². The molecule has 76 valence electrons. The van der Waals surface area contributed by atoms with E-state index in [1.165, 1.54) is 0 Å². The molecule has 1 heterocycles. The Kier molecular flexibility index (Phi) is 3.09. The topological polar surface area (TPSA) is 38.7 Å². The van der Waals surface area contributed by atoms with E-state index in [9.17, 15) is 4.21 Å². The second-order valence-electron chi connectivity index (χ2n) is 2.94. The number of aliphatic imine (C=N–C) groups is 1. The Bertz CT molecular complexity index is 459. The van der Waals surface area contributed by atoms with Crippen molar-refractivity contribution in [1.29, 1.82) is 0 Å².